The molecule has 1 saturated heterocycles. The predicted molar refractivity (Wildman–Crippen MR) is 112 cm³/mol. The minimum Gasteiger partial charge on any atom is -0.381 e. The van der Waals surface area contributed by atoms with Crippen molar-refractivity contribution < 1.29 is 9.53 Å². The molecule has 1 aliphatic heterocycles. The lowest BCUT2D eigenvalue weighted by Crippen LogP contribution is -2.46. The van der Waals surface area contributed by atoms with Crippen molar-refractivity contribution in [2.75, 3.05) is 30.4 Å². The molecule has 0 aromatic heterocycles. The van der Waals surface area contributed by atoms with E-state index in [2.05, 4.69) is 29.7 Å². The normalized spacial score (nSPS) is 16.7. The monoisotopic (exact) mass is 389 g/mol. The van der Waals surface area contributed by atoms with Crippen LogP contribution < -0.4 is 16.4 Å². The van der Waals surface area contributed by atoms with E-state index in [-0.39, 0.29) is 24.4 Å². The zero-order valence-corrected chi connectivity index (χ0v) is 16.4. The molecule has 0 spiro atoms. The SMILES string of the molecule is CC(Nc1ccc(NC(=O)C2(CN)CCOCC2)cc1)c1ccccc1.Cl. The number of carbonyl (C=O) groups is 1. The van der Waals surface area contributed by atoms with Gasteiger partial charge in [-0.3, -0.25) is 4.79 Å². The Balaban J connectivity index is 0.00000261. The van der Waals surface area contributed by atoms with E-state index >= 15 is 0 Å². The van der Waals surface area contributed by atoms with Crippen molar-refractivity contribution in [3.8, 4) is 0 Å². The van der Waals surface area contributed by atoms with Gasteiger partial charge in [0, 0.05) is 37.2 Å². The lowest BCUT2D eigenvalue weighted by atomic mass is 9.79. The van der Waals surface area contributed by atoms with Gasteiger partial charge in [-0.2, -0.15) is 0 Å². The van der Waals surface area contributed by atoms with Gasteiger partial charge in [-0.25, -0.2) is 0 Å². The molecule has 146 valence electrons. The molecule has 0 aliphatic carbocycles. The largest absolute Gasteiger partial charge is 0.381 e. The number of carbonyl (C=O) groups excluding carboxylic acids is 1. The van der Waals surface area contributed by atoms with Gasteiger partial charge in [-0.05, 0) is 49.6 Å². The number of nitrogens with two attached hydrogens (primary N) is 1. The molecule has 2 aromatic rings. The quantitative estimate of drug-likeness (QED) is 0.698. The number of anilines is 2. The summed E-state index contributed by atoms with van der Waals surface area (Å²) in [7, 11) is 0. The van der Waals surface area contributed by atoms with E-state index in [9.17, 15) is 4.79 Å². The Labute approximate surface area is 167 Å². The molecular weight excluding hydrogens is 362 g/mol. The van der Waals surface area contributed by atoms with Crippen LogP contribution in [0, 0.1) is 5.41 Å². The summed E-state index contributed by atoms with van der Waals surface area (Å²) in [6.07, 6.45) is 1.34. The summed E-state index contributed by atoms with van der Waals surface area (Å²) >= 11 is 0. The van der Waals surface area contributed by atoms with Crippen LogP contribution in [0.15, 0.2) is 54.6 Å². The number of halogens is 1. The average Bonchev–Trinajstić information content (AvgIpc) is 2.70. The number of benzene rings is 2. The highest BCUT2D eigenvalue weighted by Crippen LogP contribution is 2.31. The van der Waals surface area contributed by atoms with E-state index < -0.39 is 5.41 Å². The molecule has 27 heavy (non-hydrogen) atoms. The molecule has 6 heteroatoms. The Morgan fingerprint density at radius 3 is 2.26 bits per heavy atom. The van der Waals surface area contributed by atoms with Crippen LogP contribution in [0.25, 0.3) is 0 Å². The number of hydrogen-bond acceptors (Lipinski definition) is 4. The van der Waals surface area contributed by atoms with Gasteiger partial charge in [0.15, 0.2) is 0 Å². The Morgan fingerprint density at radius 2 is 1.67 bits per heavy atom. The molecule has 5 nitrogen and oxygen atoms in total. The van der Waals surface area contributed by atoms with E-state index in [4.69, 9.17) is 10.5 Å². The van der Waals surface area contributed by atoms with Crippen LogP contribution in [-0.2, 0) is 9.53 Å². The van der Waals surface area contributed by atoms with Crippen LogP contribution in [0.1, 0.15) is 31.4 Å². The topological polar surface area (TPSA) is 76.4 Å². The van der Waals surface area contributed by atoms with Crippen molar-refractivity contribution in [1.82, 2.24) is 0 Å². The van der Waals surface area contributed by atoms with Crippen LogP contribution in [0.5, 0.6) is 0 Å². The number of hydrogen-bond donors (Lipinski definition) is 3. The Kier molecular flexibility index (Phi) is 7.66. The molecule has 2 aromatic carbocycles. The Bertz CT molecular complexity index is 716. The number of ether oxygens (including phenoxy) is 1. The molecule has 0 radical (unpaired) electrons. The van der Waals surface area contributed by atoms with Crippen LogP contribution >= 0.6 is 12.4 Å². The van der Waals surface area contributed by atoms with Crippen molar-refractivity contribution in [2.24, 2.45) is 11.1 Å². The first kappa shape index (κ1) is 21.2. The highest BCUT2D eigenvalue weighted by atomic mass is 35.5. The van der Waals surface area contributed by atoms with Crippen LogP contribution in [0.4, 0.5) is 11.4 Å². The maximum atomic E-state index is 12.7. The summed E-state index contributed by atoms with van der Waals surface area (Å²) in [5.41, 5.74) is 8.41. The lowest BCUT2D eigenvalue weighted by Gasteiger charge is -2.34. The smallest absolute Gasteiger partial charge is 0.232 e. The van der Waals surface area contributed by atoms with E-state index in [1.165, 1.54) is 5.56 Å². The molecule has 1 unspecified atom stereocenters. The zero-order valence-electron chi connectivity index (χ0n) is 15.6. The molecule has 1 heterocycles. The third-order valence-corrected chi connectivity index (χ3v) is 5.15. The van der Waals surface area contributed by atoms with Gasteiger partial charge in [0.25, 0.3) is 0 Å². The zero-order chi connectivity index (χ0) is 18.4. The summed E-state index contributed by atoms with van der Waals surface area (Å²) in [5.74, 6) is -0.0123. The molecule has 4 N–H and O–H groups in total. The van der Waals surface area contributed by atoms with Gasteiger partial charge < -0.3 is 21.1 Å². The molecule has 1 amide bonds. The van der Waals surface area contributed by atoms with Gasteiger partial charge in [-0.15, -0.1) is 12.4 Å². The fourth-order valence-electron chi connectivity index (χ4n) is 3.27. The molecule has 0 bridgehead atoms. The standard InChI is InChI=1S/C21H27N3O2.ClH/c1-16(17-5-3-2-4-6-17)23-18-7-9-19(10-8-18)24-20(25)21(15-22)11-13-26-14-12-21;/h2-10,16,23H,11-15,22H2,1H3,(H,24,25);1H. The lowest BCUT2D eigenvalue weighted by molar-refractivity contribution is -0.130. The van der Waals surface area contributed by atoms with Crippen molar-refractivity contribution in [3.05, 3.63) is 60.2 Å². The molecule has 3 rings (SSSR count). The van der Waals surface area contributed by atoms with Gasteiger partial charge >= 0.3 is 0 Å². The Hall–Kier alpha value is -2.08. The summed E-state index contributed by atoms with van der Waals surface area (Å²) in [5, 5.41) is 6.48. The van der Waals surface area contributed by atoms with Crippen LogP contribution in [-0.4, -0.2) is 25.7 Å². The second-order valence-electron chi connectivity index (χ2n) is 6.91. The summed E-state index contributed by atoms with van der Waals surface area (Å²) < 4.78 is 5.37. The highest BCUT2D eigenvalue weighted by molar-refractivity contribution is 5.95. The van der Waals surface area contributed by atoms with Gasteiger partial charge in [0.2, 0.25) is 5.91 Å². The molecule has 0 saturated carbocycles. The fraction of sp³-hybridized carbons (Fsp3) is 0.381. The fourth-order valence-corrected chi connectivity index (χ4v) is 3.27. The maximum Gasteiger partial charge on any atom is 0.232 e. The van der Waals surface area contributed by atoms with E-state index in [1.807, 2.05) is 42.5 Å². The first-order chi connectivity index (χ1) is 12.6. The summed E-state index contributed by atoms with van der Waals surface area (Å²) in [4.78, 5) is 12.7. The number of rotatable bonds is 6. The predicted octanol–water partition coefficient (Wildman–Crippen LogP) is 3.98. The van der Waals surface area contributed by atoms with Gasteiger partial charge in [0.1, 0.15) is 0 Å². The molecule has 1 atom stereocenters. The number of amides is 1. The minimum atomic E-state index is -0.517. The van der Waals surface area contributed by atoms with Crippen molar-refractivity contribution in [2.45, 2.75) is 25.8 Å². The first-order valence-electron chi connectivity index (χ1n) is 9.14. The highest BCUT2D eigenvalue weighted by Gasteiger charge is 2.38. The molecule has 1 aliphatic rings. The Morgan fingerprint density at radius 1 is 1.07 bits per heavy atom. The van der Waals surface area contributed by atoms with E-state index in [0.717, 1.165) is 11.4 Å². The van der Waals surface area contributed by atoms with Crippen molar-refractivity contribution in [1.29, 1.82) is 0 Å². The second-order valence-corrected chi connectivity index (χ2v) is 6.91. The van der Waals surface area contributed by atoms with Gasteiger partial charge in [0.05, 0.1) is 5.41 Å². The van der Waals surface area contributed by atoms with Crippen molar-refractivity contribution in [3.63, 3.8) is 0 Å². The summed E-state index contributed by atoms with van der Waals surface area (Å²) in [6, 6.07) is 18.3. The van der Waals surface area contributed by atoms with E-state index in [1.54, 1.807) is 0 Å². The summed E-state index contributed by atoms with van der Waals surface area (Å²) in [6.45, 7) is 3.65. The third kappa shape index (κ3) is 5.22. The van der Waals surface area contributed by atoms with Gasteiger partial charge in [-0.1, -0.05) is 30.3 Å². The first-order valence-corrected chi connectivity index (χ1v) is 9.14. The maximum absolute atomic E-state index is 12.7. The third-order valence-electron chi connectivity index (χ3n) is 5.15. The van der Waals surface area contributed by atoms with Crippen LogP contribution in [0.2, 0.25) is 0 Å². The van der Waals surface area contributed by atoms with Crippen LogP contribution in [0.3, 0.4) is 0 Å². The molecular formula is C21H28ClN3O2. The molecule has 1 fully saturated rings. The minimum absolute atomic E-state index is 0. The van der Waals surface area contributed by atoms with Crippen molar-refractivity contribution >= 4 is 29.7 Å². The van der Waals surface area contributed by atoms with E-state index in [0.29, 0.717) is 32.6 Å². The average molecular weight is 390 g/mol. The second kappa shape index (κ2) is 9.74. The number of nitrogens with one attached hydrogen (secondary N) is 2.